The van der Waals surface area contributed by atoms with Gasteiger partial charge in [0, 0.05) is 13.1 Å². The van der Waals surface area contributed by atoms with Crippen molar-refractivity contribution >= 4 is 11.7 Å². The summed E-state index contributed by atoms with van der Waals surface area (Å²) in [7, 11) is 0. The summed E-state index contributed by atoms with van der Waals surface area (Å²) >= 11 is 0. The van der Waals surface area contributed by atoms with Crippen LogP contribution in [-0.2, 0) is 22.6 Å². The monoisotopic (exact) mass is 231 g/mol. The molecule has 17 heavy (non-hydrogen) atoms. The molecule has 1 aromatic carbocycles. The normalized spacial score (nSPS) is 15.0. The molecule has 90 valence electrons. The zero-order valence-corrected chi connectivity index (χ0v) is 10.1. The van der Waals surface area contributed by atoms with Gasteiger partial charge in [-0.3, -0.25) is 9.59 Å². The molecule has 2 rings (SSSR count). The molecular formula is C14H17NO2. The highest BCUT2D eigenvalue weighted by Gasteiger charge is 2.19. The first-order valence-corrected chi connectivity index (χ1v) is 6.01. The molecule has 1 amide bonds. The van der Waals surface area contributed by atoms with Crippen LogP contribution in [0.2, 0.25) is 0 Å². The summed E-state index contributed by atoms with van der Waals surface area (Å²) in [5, 5.41) is 0. The molecule has 0 spiro atoms. The van der Waals surface area contributed by atoms with Crippen LogP contribution in [0.3, 0.4) is 0 Å². The van der Waals surface area contributed by atoms with Crippen LogP contribution < -0.4 is 0 Å². The largest absolute Gasteiger partial charge is 0.338 e. The van der Waals surface area contributed by atoms with Crippen molar-refractivity contribution in [2.24, 2.45) is 0 Å². The Labute approximate surface area is 101 Å². The lowest BCUT2D eigenvalue weighted by atomic mass is 10.0. The van der Waals surface area contributed by atoms with E-state index in [9.17, 15) is 9.59 Å². The zero-order chi connectivity index (χ0) is 12.3. The van der Waals surface area contributed by atoms with E-state index in [2.05, 4.69) is 12.1 Å². The lowest BCUT2D eigenvalue weighted by molar-refractivity contribution is -0.135. The van der Waals surface area contributed by atoms with Gasteiger partial charge in [-0.15, -0.1) is 0 Å². The topological polar surface area (TPSA) is 37.4 Å². The van der Waals surface area contributed by atoms with E-state index < -0.39 is 0 Å². The number of Topliss-reactive ketones (excluding diaryl/α,β-unsaturated/α-hetero) is 1. The maximum absolute atomic E-state index is 11.9. The Kier molecular flexibility index (Phi) is 3.57. The molecule has 1 aromatic rings. The molecule has 0 radical (unpaired) electrons. The lowest BCUT2D eigenvalue weighted by Gasteiger charge is -2.20. The van der Waals surface area contributed by atoms with Gasteiger partial charge in [0.25, 0.3) is 0 Å². The fraction of sp³-hybridized carbons (Fsp3) is 0.429. The molecule has 0 aromatic heterocycles. The number of hydrogen-bond donors (Lipinski definition) is 0. The minimum Gasteiger partial charge on any atom is -0.338 e. The van der Waals surface area contributed by atoms with Gasteiger partial charge in [-0.2, -0.15) is 0 Å². The van der Waals surface area contributed by atoms with Crippen LogP contribution >= 0.6 is 0 Å². The summed E-state index contributed by atoms with van der Waals surface area (Å²) < 4.78 is 0. The standard InChI is InChI=1S/C14H17NO2/c1-11(16)9-14(17)15-8-4-7-12-5-2-3-6-13(12)10-15/h2-3,5-6H,4,7-10H2,1H3. The van der Waals surface area contributed by atoms with Crippen molar-refractivity contribution in [3.63, 3.8) is 0 Å². The van der Waals surface area contributed by atoms with Crippen molar-refractivity contribution in [3.05, 3.63) is 35.4 Å². The second-order valence-electron chi connectivity index (χ2n) is 4.57. The number of carbonyl (C=O) groups is 2. The highest BCUT2D eigenvalue weighted by atomic mass is 16.2. The number of nitrogens with zero attached hydrogens (tertiary/aromatic N) is 1. The number of fused-ring (bicyclic) bond motifs is 1. The summed E-state index contributed by atoms with van der Waals surface area (Å²) in [5.74, 6) is -0.110. The van der Waals surface area contributed by atoms with E-state index in [0.29, 0.717) is 6.54 Å². The molecule has 1 aliphatic heterocycles. The van der Waals surface area contributed by atoms with Gasteiger partial charge in [0.2, 0.25) is 5.91 Å². The van der Waals surface area contributed by atoms with Crippen molar-refractivity contribution < 1.29 is 9.59 Å². The van der Waals surface area contributed by atoms with Gasteiger partial charge in [-0.05, 0) is 30.9 Å². The van der Waals surface area contributed by atoms with Crippen molar-refractivity contribution in [2.75, 3.05) is 6.54 Å². The maximum Gasteiger partial charge on any atom is 0.230 e. The first-order valence-electron chi connectivity index (χ1n) is 6.01. The highest BCUT2D eigenvalue weighted by molar-refractivity contribution is 5.96. The molecule has 0 saturated heterocycles. The second kappa shape index (κ2) is 5.13. The van der Waals surface area contributed by atoms with Crippen LogP contribution in [0.5, 0.6) is 0 Å². The molecule has 3 heteroatoms. The van der Waals surface area contributed by atoms with Crippen molar-refractivity contribution in [1.82, 2.24) is 4.90 Å². The maximum atomic E-state index is 11.9. The van der Waals surface area contributed by atoms with E-state index in [1.807, 2.05) is 12.1 Å². The Balaban J connectivity index is 2.13. The van der Waals surface area contributed by atoms with Gasteiger partial charge in [-0.25, -0.2) is 0 Å². The number of ketones is 1. The third-order valence-electron chi connectivity index (χ3n) is 3.11. The minimum absolute atomic E-state index is 0.0299. The third kappa shape index (κ3) is 2.93. The number of hydrogen-bond acceptors (Lipinski definition) is 2. The van der Waals surface area contributed by atoms with E-state index in [0.717, 1.165) is 19.4 Å². The minimum atomic E-state index is -0.0625. The van der Waals surface area contributed by atoms with Crippen LogP contribution in [0.25, 0.3) is 0 Å². The number of rotatable bonds is 2. The van der Waals surface area contributed by atoms with Crippen LogP contribution in [0, 0.1) is 0 Å². The zero-order valence-electron chi connectivity index (χ0n) is 10.1. The molecule has 1 aliphatic rings. The molecule has 0 fully saturated rings. The molecule has 0 unspecified atom stereocenters. The highest BCUT2D eigenvalue weighted by Crippen LogP contribution is 2.18. The Morgan fingerprint density at radius 3 is 2.65 bits per heavy atom. The Morgan fingerprint density at radius 1 is 1.24 bits per heavy atom. The van der Waals surface area contributed by atoms with E-state index in [-0.39, 0.29) is 18.1 Å². The Morgan fingerprint density at radius 2 is 1.94 bits per heavy atom. The van der Waals surface area contributed by atoms with Crippen molar-refractivity contribution in [2.45, 2.75) is 32.7 Å². The number of benzene rings is 1. The van der Waals surface area contributed by atoms with Gasteiger partial charge < -0.3 is 4.90 Å². The predicted molar refractivity (Wildman–Crippen MR) is 65.5 cm³/mol. The van der Waals surface area contributed by atoms with Gasteiger partial charge in [-0.1, -0.05) is 24.3 Å². The van der Waals surface area contributed by atoms with Crippen LogP contribution in [0.1, 0.15) is 30.9 Å². The summed E-state index contributed by atoms with van der Waals surface area (Å²) in [6, 6.07) is 8.21. The molecule has 0 atom stereocenters. The van der Waals surface area contributed by atoms with Gasteiger partial charge in [0.05, 0.1) is 6.42 Å². The fourth-order valence-electron chi connectivity index (χ4n) is 2.24. The van der Waals surface area contributed by atoms with E-state index in [1.165, 1.54) is 18.1 Å². The first-order chi connectivity index (χ1) is 8.16. The SMILES string of the molecule is CC(=O)CC(=O)N1CCCc2ccccc2C1. The number of aryl methyl sites for hydroxylation is 1. The summed E-state index contributed by atoms with van der Waals surface area (Å²) in [5.41, 5.74) is 2.53. The average molecular weight is 231 g/mol. The van der Waals surface area contributed by atoms with Gasteiger partial charge in [0.15, 0.2) is 0 Å². The summed E-state index contributed by atoms with van der Waals surface area (Å²) in [6.45, 7) is 2.85. The van der Waals surface area contributed by atoms with E-state index in [1.54, 1.807) is 4.90 Å². The van der Waals surface area contributed by atoms with E-state index >= 15 is 0 Å². The van der Waals surface area contributed by atoms with Crippen LogP contribution in [-0.4, -0.2) is 23.1 Å². The number of carbonyl (C=O) groups excluding carboxylic acids is 2. The molecule has 0 bridgehead atoms. The number of amides is 1. The average Bonchev–Trinajstić information content (AvgIpc) is 2.49. The smallest absolute Gasteiger partial charge is 0.230 e. The Bertz CT molecular complexity index is 440. The lowest BCUT2D eigenvalue weighted by Crippen LogP contribution is -2.31. The predicted octanol–water partition coefficient (Wildman–Crippen LogP) is 1.94. The molecule has 3 nitrogen and oxygen atoms in total. The molecular weight excluding hydrogens is 214 g/mol. The fourth-order valence-corrected chi connectivity index (χ4v) is 2.24. The van der Waals surface area contributed by atoms with Crippen LogP contribution in [0.15, 0.2) is 24.3 Å². The second-order valence-corrected chi connectivity index (χ2v) is 4.57. The first kappa shape index (κ1) is 11.8. The third-order valence-corrected chi connectivity index (χ3v) is 3.11. The van der Waals surface area contributed by atoms with Crippen molar-refractivity contribution in [1.29, 1.82) is 0 Å². The van der Waals surface area contributed by atoms with Crippen molar-refractivity contribution in [3.8, 4) is 0 Å². The molecule has 1 heterocycles. The Hall–Kier alpha value is -1.64. The van der Waals surface area contributed by atoms with E-state index in [4.69, 9.17) is 0 Å². The molecule has 0 saturated carbocycles. The van der Waals surface area contributed by atoms with Gasteiger partial charge in [0.1, 0.15) is 5.78 Å². The van der Waals surface area contributed by atoms with Crippen LogP contribution in [0.4, 0.5) is 0 Å². The summed E-state index contributed by atoms with van der Waals surface area (Å²) in [4.78, 5) is 24.7. The quantitative estimate of drug-likeness (QED) is 0.729. The molecule has 0 aliphatic carbocycles. The summed E-state index contributed by atoms with van der Waals surface area (Å²) in [6.07, 6.45) is 2.02. The molecule has 0 N–H and O–H groups in total. The van der Waals surface area contributed by atoms with Gasteiger partial charge >= 0.3 is 0 Å².